The Hall–Kier alpha value is -1.85. The molecular formula is C19H21ClN2O2S. The molecule has 1 aliphatic heterocycles. The normalized spacial score (nSPS) is 16.9. The van der Waals surface area contributed by atoms with Crippen molar-refractivity contribution in [3.05, 3.63) is 56.7 Å². The average molecular weight is 377 g/mol. The Morgan fingerprint density at radius 3 is 2.96 bits per heavy atom. The zero-order valence-corrected chi connectivity index (χ0v) is 15.7. The summed E-state index contributed by atoms with van der Waals surface area (Å²) in [6.45, 7) is 3.07. The number of carbonyl (C=O) groups excluding carboxylic acids is 2. The Balaban J connectivity index is 1.60. The second-order valence-corrected chi connectivity index (χ2v) is 7.76. The molecule has 0 aliphatic carbocycles. The first-order valence-electron chi connectivity index (χ1n) is 8.39. The molecule has 1 aliphatic rings. The summed E-state index contributed by atoms with van der Waals surface area (Å²) in [6.07, 6.45) is 1.95. The van der Waals surface area contributed by atoms with Gasteiger partial charge in [0.05, 0.1) is 6.42 Å². The molecule has 1 fully saturated rings. The Morgan fingerprint density at radius 1 is 1.36 bits per heavy atom. The second kappa shape index (κ2) is 8.02. The van der Waals surface area contributed by atoms with Crippen molar-refractivity contribution in [1.29, 1.82) is 0 Å². The van der Waals surface area contributed by atoms with Crippen LogP contribution in [0.5, 0.6) is 0 Å². The topological polar surface area (TPSA) is 49.4 Å². The summed E-state index contributed by atoms with van der Waals surface area (Å²) in [5.74, 6) is -0.0598. The van der Waals surface area contributed by atoms with E-state index in [1.54, 1.807) is 16.2 Å². The summed E-state index contributed by atoms with van der Waals surface area (Å²) in [6, 6.07) is 9.17. The third kappa shape index (κ3) is 4.41. The lowest BCUT2D eigenvalue weighted by molar-refractivity contribution is -0.138. The molecule has 2 heterocycles. The lowest BCUT2D eigenvalue weighted by atomic mass is 10.1. The third-order valence-corrected chi connectivity index (χ3v) is 5.66. The van der Waals surface area contributed by atoms with Crippen molar-refractivity contribution in [3.8, 4) is 0 Å². The summed E-state index contributed by atoms with van der Waals surface area (Å²) >= 11 is 7.60. The third-order valence-electron chi connectivity index (χ3n) is 4.55. The number of thiophene rings is 1. The molecule has 0 radical (unpaired) electrons. The van der Waals surface area contributed by atoms with E-state index in [4.69, 9.17) is 11.6 Å². The molecule has 1 aromatic heterocycles. The molecule has 3 rings (SSSR count). The highest BCUT2D eigenvalue weighted by Crippen LogP contribution is 2.21. The quantitative estimate of drug-likeness (QED) is 0.867. The summed E-state index contributed by atoms with van der Waals surface area (Å²) in [5, 5.41) is 5.58. The van der Waals surface area contributed by atoms with Gasteiger partial charge >= 0.3 is 0 Å². The number of nitrogens with one attached hydrogen (secondary N) is 1. The molecule has 0 spiro atoms. The van der Waals surface area contributed by atoms with E-state index in [9.17, 15) is 9.59 Å². The zero-order chi connectivity index (χ0) is 17.8. The molecular weight excluding hydrogens is 356 g/mol. The predicted octanol–water partition coefficient (Wildman–Crippen LogP) is 3.56. The number of aryl methyl sites for hydroxylation is 1. The number of amides is 2. The van der Waals surface area contributed by atoms with Crippen LogP contribution in [0.25, 0.3) is 0 Å². The Bertz CT molecular complexity index is 761. The first-order valence-corrected chi connectivity index (χ1v) is 9.65. The van der Waals surface area contributed by atoms with Gasteiger partial charge in [-0.05, 0) is 54.5 Å². The first-order chi connectivity index (χ1) is 12.0. The fraction of sp³-hybridized carbons (Fsp3) is 0.368. The largest absolute Gasteiger partial charge is 0.350 e. The molecule has 4 nitrogen and oxygen atoms in total. The maximum absolute atomic E-state index is 12.6. The minimum absolute atomic E-state index is 0.0269. The van der Waals surface area contributed by atoms with Crippen LogP contribution in [0.15, 0.2) is 35.7 Å². The zero-order valence-electron chi connectivity index (χ0n) is 14.1. The van der Waals surface area contributed by atoms with Gasteiger partial charge in [0.25, 0.3) is 0 Å². The molecule has 1 aromatic carbocycles. The number of rotatable bonds is 5. The molecule has 1 N–H and O–H groups in total. The fourth-order valence-electron chi connectivity index (χ4n) is 3.13. The Morgan fingerprint density at radius 2 is 2.20 bits per heavy atom. The minimum atomic E-state index is -0.369. The molecule has 0 saturated carbocycles. The van der Waals surface area contributed by atoms with Gasteiger partial charge in [0, 0.05) is 23.0 Å². The van der Waals surface area contributed by atoms with Crippen LogP contribution < -0.4 is 5.32 Å². The van der Waals surface area contributed by atoms with Crippen LogP contribution >= 0.6 is 22.9 Å². The molecule has 2 aromatic rings. The van der Waals surface area contributed by atoms with Gasteiger partial charge in [-0.3, -0.25) is 9.59 Å². The van der Waals surface area contributed by atoms with Crippen LogP contribution in [0.4, 0.5) is 0 Å². The van der Waals surface area contributed by atoms with Gasteiger partial charge in [-0.2, -0.15) is 0 Å². The summed E-state index contributed by atoms with van der Waals surface area (Å²) < 4.78 is 0. The number of hydrogen-bond acceptors (Lipinski definition) is 3. The number of likely N-dealkylation sites (tertiary alicyclic amines) is 1. The highest BCUT2D eigenvalue weighted by molar-refractivity contribution is 7.10. The van der Waals surface area contributed by atoms with Crippen molar-refractivity contribution in [2.24, 2.45) is 0 Å². The number of carbonyl (C=O) groups is 2. The summed E-state index contributed by atoms with van der Waals surface area (Å²) in [7, 11) is 0. The van der Waals surface area contributed by atoms with Gasteiger partial charge in [-0.25, -0.2) is 0 Å². The van der Waals surface area contributed by atoms with E-state index in [-0.39, 0.29) is 17.9 Å². The molecule has 25 heavy (non-hydrogen) atoms. The van der Waals surface area contributed by atoms with Gasteiger partial charge < -0.3 is 10.2 Å². The molecule has 1 saturated heterocycles. The van der Waals surface area contributed by atoms with E-state index < -0.39 is 0 Å². The second-order valence-electron chi connectivity index (χ2n) is 6.29. The van der Waals surface area contributed by atoms with Crippen LogP contribution in [-0.2, 0) is 22.6 Å². The molecule has 1 unspecified atom stereocenters. The molecule has 2 amide bonds. The molecule has 1 atom stereocenters. The summed E-state index contributed by atoms with van der Waals surface area (Å²) in [4.78, 5) is 27.9. The van der Waals surface area contributed by atoms with E-state index in [0.717, 1.165) is 28.8 Å². The van der Waals surface area contributed by atoms with E-state index in [0.29, 0.717) is 24.5 Å². The predicted molar refractivity (Wildman–Crippen MR) is 101 cm³/mol. The SMILES string of the molecule is Cc1ccc(Cl)cc1CNC(=O)C1CCCN1C(=O)Cc1cccs1. The van der Waals surface area contributed by atoms with Gasteiger partial charge in [-0.1, -0.05) is 23.7 Å². The maximum Gasteiger partial charge on any atom is 0.243 e. The standard InChI is InChI=1S/C19H21ClN2O2S/c1-13-6-7-15(20)10-14(13)12-21-19(24)17-5-2-8-22(17)18(23)11-16-4-3-9-25-16/h3-4,6-7,9-10,17H,2,5,8,11-12H2,1H3,(H,21,24). The minimum Gasteiger partial charge on any atom is -0.350 e. The molecule has 0 bridgehead atoms. The number of hydrogen-bond donors (Lipinski definition) is 1. The van der Waals surface area contributed by atoms with E-state index in [1.165, 1.54) is 0 Å². The van der Waals surface area contributed by atoms with Crippen LogP contribution in [0, 0.1) is 6.92 Å². The van der Waals surface area contributed by atoms with Crippen molar-refractivity contribution in [3.63, 3.8) is 0 Å². The van der Waals surface area contributed by atoms with E-state index in [2.05, 4.69) is 5.32 Å². The fourth-order valence-corrected chi connectivity index (χ4v) is 4.02. The van der Waals surface area contributed by atoms with Crippen molar-refractivity contribution in [2.75, 3.05) is 6.54 Å². The number of halogens is 1. The lowest BCUT2D eigenvalue weighted by Gasteiger charge is -2.24. The van der Waals surface area contributed by atoms with Crippen LogP contribution in [0.2, 0.25) is 5.02 Å². The molecule has 6 heteroatoms. The van der Waals surface area contributed by atoms with E-state index >= 15 is 0 Å². The highest BCUT2D eigenvalue weighted by atomic mass is 35.5. The monoisotopic (exact) mass is 376 g/mol. The van der Waals surface area contributed by atoms with Crippen LogP contribution in [0.1, 0.15) is 28.8 Å². The smallest absolute Gasteiger partial charge is 0.243 e. The summed E-state index contributed by atoms with van der Waals surface area (Å²) in [5.41, 5.74) is 2.08. The van der Waals surface area contributed by atoms with Crippen molar-refractivity contribution in [2.45, 2.75) is 38.8 Å². The lowest BCUT2D eigenvalue weighted by Crippen LogP contribution is -2.46. The maximum atomic E-state index is 12.6. The number of nitrogens with zero attached hydrogens (tertiary/aromatic N) is 1. The van der Waals surface area contributed by atoms with Crippen LogP contribution in [0.3, 0.4) is 0 Å². The van der Waals surface area contributed by atoms with E-state index in [1.807, 2.05) is 42.6 Å². The number of benzene rings is 1. The van der Waals surface area contributed by atoms with Gasteiger partial charge in [-0.15, -0.1) is 11.3 Å². The Kier molecular flexibility index (Phi) is 5.76. The highest BCUT2D eigenvalue weighted by Gasteiger charge is 2.33. The van der Waals surface area contributed by atoms with Crippen LogP contribution in [-0.4, -0.2) is 29.3 Å². The first kappa shape index (κ1) is 18.0. The van der Waals surface area contributed by atoms with Gasteiger partial charge in [0.2, 0.25) is 11.8 Å². The van der Waals surface area contributed by atoms with Gasteiger partial charge in [0.1, 0.15) is 6.04 Å². The van der Waals surface area contributed by atoms with Gasteiger partial charge in [0.15, 0.2) is 0 Å². The average Bonchev–Trinajstić information content (AvgIpc) is 3.26. The molecule has 132 valence electrons. The Labute approximate surface area is 156 Å². The van der Waals surface area contributed by atoms with Crippen molar-refractivity contribution in [1.82, 2.24) is 10.2 Å². The van der Waals surface area contributed by atoms with Crippen molar-refractivity contribution < 1.29 is 9.59 Å². The van der Waals surface area contributed by atoms with Crippen molar-refractivity contribution >= 4 is 34.8 Å².